The molecule has 0 saturated heterocycles. The fourth-order valence-electron chi connectivity index (χ4n) is 2.85. The number of hydrogen-bond donors (Lipinski definition) is 1. The van der Waals surface area contributed by atoms with Crippen molar-refractivity contribution < 1.29 is 4.79 Å². The molecular formula is C20H25ClN2O. The van der Waals surface area contributed by atoms with Crippen molar-refractivity contribution in [2.24, 2.45) is 17.6 Å². The van der Waals surface area contributed by atoms with E-state index in [1.807, 2.05) is 72.5 Å². The number of para-hydroxylation sites is 1. The smallest absolute Gasteiger partial charge is 0.231 e. The number of benzene rings is 2. The number of carbonyl (C=O) groups excluding carboxylic acids is 1. The first kappa shape index (κ1) is 18.5. The fourth-order valence-corrected chi connectivity index (χ4v) is 2.85. The summed E-state index contributed by atoms with van der Waals surface area (Å²) in [6.45, 7) is 2.73. The predicted molar refractivity (Wildman–Crippen MR) is 101 cm³/mol. The molecule has 2 aromatic rings. The van der Waals surface area contributed by atoms with Gasteiger partial charge in [0.05, 0.1) is 5.92 Å². The van der Waals surface area contributed by atoms with Crippen LogP contribution in [0, 0.1) is 11.8 Å². The number of nitrogens with two attached hydrogens (primary N) is 1. The molecule has 1 amide bonds. The lowest BCUT2D eigenvalue weighted by atomic mass is 9.94. The Morgan fingerprint density at radius 1 is 1.08 bits per heavy atom. The number of hydrogen-bond acceptors (Lipinski definition) is 2. The van der Waals surface area contributed by atoms with Crippen LogP contribution in [0.25, 0.3) is 0 Å². The molecule has 0 bridgehead atoms. The quantitative estimate of drug-likeness (QED) is 0.854. The Morgan fingerprint density at radius 3 is 2.17 bits per heavy atom. The Balaban J connectivity index is 0.00000208. The molecule has 3 rings (SSSR count). The maximum absolute atomic E-state index is 13.1. The van der Waals surface area contributed by atoms with E-state index in [1.54, 1.807) is 0 Å². The third-order valence-electron chi connectivity index (χ3n) is 4.58. The fraction of sp³-hybridized carbons (Fsp3) is 0.350. The van der Waals surface area contributed by atoms with Crippen molar-refractivity contribution in [1.29, 1.82) is 0 Å². The van der Waals surface area contributed by atoms with Crippen LogP contribution in [-0.4, -0.2) is 12.5 Å². The van der Waals surface area contributed by atoms with E-state index in [1.165, 1.54) is 12.8 Å². The summed E-state index contributed by atoms with van der Waals surface area (Å²) in [5, 5.41) is 0. The monoisotopic (exact) mass is 344 g/mol. The Morgan fingerprint density at radius 2 is 1.62 bits per heavy atom. The van der Waals surface area contributed by atoms with Crippen molar-refractivity contribution >= 4 is 24.0 Å². The van der Waals surface area contributed by atoms with Crippen molar-refractivity contribution in [3.05, 3.63) is 66.2 Å². The first-order chi connectivity index (χ1) is 11.2. The maximum atomic E-state index is 13.1. The Hall–Kier alpha value is -1.84. The molecule has 128 valence electrons. The molecule has 0 aromatic heterocycles. The largest absolute Gasteiger partial charge is 0.323 e. The van der Waals surface area contributed by atoms with E-state index in [2.05, 4.69) is 0 Å². The summed E-state index contributed by atoms with van der Waals surface area (Å²) in [5.41, 5.74) is 8.33. The van der Waals surface area contributed by atoms with Gasteiger partial charge in [-0.2, -0.15) is 0 Å². The summed E-state index contributed by atoms with van der Waals surface area (Å²) in [6.07, 6.45) is 2.44. The van der Waals surface area contributed by atoms with Crippen LogP contribution in [0.15, 0.2) is 60.7 Å². The van der Waals surface area contributed by atoms with Gasteiger partial charge in [0, 0.05) is 18.3 Å². The SMILES string of the molecule is CC(C(=O)N(CC1CC1)c1ccccc1)C(N)c1ccccc1.Cl. The Kier molecular flexibility index (Phi) is 6.41. The molecule has 3 nitrogen and oxygen atoms in total. The lowest BCUT2D eigenvalue weighted by molar-refractivity contribution is -0.122. The number of anilines is 1. The van der Waals surface area contributed by atoms with Gasteiger partial charge in [0.15, 0.2) is 0 Å². The Bertz CT molecular complexity index is 643. The van der Waals surface area contributed by atoms with Crippen LogP contribution in [0.5, 0.6) is 0 Å². The average Bonchev–Trinajstić information content (AvgIpc) is 3.43. The number of nitrogens with zero attached hydrogens (tertiary/aromatic N) is 1. The predicted octanol–water partition coefficient (Wildman–Crippen LogP) is 4.19. The van der Waals surface area contributed by atoms with Crippen molar-refractivity contribution in [3.63, 3.8) is 0 Å². The van der Waals surface area contributed by atoms with Gasteiger partial charge in [-0.3, -0.25) is 4.79 Å². The van der Waals surface area contributed by atoms with Crippen LogP contribution in [0.1, 0.15) is 31.4 Å². The van der Waals surface area contributed by atoms with Crippen molar-refractivity contribution in [1.82, 2.24) is 0 Å². The molecule has 1 aliphatic carbocycles. The van der Waals surface area contributed by atoms with Crippen LogP contribution >= 0.6 is 12.4 Å². The van der Waals surface area contributed by atoms with Gasteiger partial charge < -0.3 is 10.6 Å². The van der Waals surface area contributed by atoms with Gasteiger partial charge in [-0.05, 0) is 36.5 Å². The van der Waals surface area contributed by atoms with Crippen LogP contribution in [0.4, 0.5) is 5.69 Å². The zero-order valence-electron chi connectivity index (χ0n) is 14.0. The second kappa shape index (κ2) is 8.32. The maximum Gasteiger partial charge on any atom is 0.231 e. The molecule has 4 heteroatoms. The zero-order valence-corrected chi connectivity index (χ0v) is 14.8. The van der Waals surface area contributed by atoms with E-state index in [-0.39, 0.29) is 30.3 Å². The number of rotatable bonds is 6. The van der Waals surface area contributed by atoms with Crippen LogP contribution in [0.3, 0.4) is 0 Å². The van der Waals surface area contributed by atoms with E-state index in [9.17, 15) is 4.79 Å². The minimum Gasteiger partial charge on any atom is -0.323 e. The highest BCUT2D eigenvalue weighted by atomic mass is 35.5. The minimum absolute atomic E-state index is 0. The highest BCUT2D eigenvalue weighted by Gasteiger charge is 2.32. The van der Waals surface area contributed by atoms with Crippen molar-refractivity contribution in [2.45, 2.75) is 25.8 Å². The molecule has 2 atom stereocenters. The minimum atomic E-state index is -0.283. The van der Waals surface area contributed by atoms with Crippen LogP contribution in [-0.2, 0) is 4.79 Å². The molecule has 1 saturated carbocycles. The molecule has 1 aliphatic rings. The van der Waals surface area contributed by atoms with Gasteiger partial charge in [0.2, 0.25) is 5.91 Å². The molecule has 1 fully saturated rings. The molecule has 2 unspecified atom stereocenters. The van der Waals surface area contributed by atoms with Crippen LogP contribution < -0.4 is 10.6 Å². The third-order valence-corrected chi connectivity index (χ3v) is 4.58. The highest BCUT2D eigenvalue weighted by Crippen LogP contribution is 2.33. The number of amides is 1. The van der Waals surface area contributed by atoms with Gasteiger partial charge in [0.25, 0.3) is 0 Å². The van der Waals surface area contributed by atoms with Gasteiger partial charge in [-0.1, -0.05) is 55.5 Å². The summed E-state index contributed by atoms with van der Waals surface area (Å²) in [6, 6.07) is 19.5. The lowest BCUT2D eigenvalue weighted by Gasteiger charge is -2.29. The summed E-state index contributed by atoms with van der Waals surface area (Å²) < 4.78 is 0. The summed E-state index contributed by atoms with van der Waals surface area (Å²) in [7, 11) is 0. The summed E-state index contributed by atoms with van der Waals surface area (Å²) in [4.78, 5) is 15.0. The van der Waals surface area contributed by atoms with Gasteiger partial charge >= 0.3 is 0 Å². The summed E-state index contributed by atoms with van der Waals surface area (Å²) >= 11 is 0. The second-order valence-corrected chi connectivity index (χ2v) is 6.45. The molecule has 0 radical (unpaired) electrons. The Labute approximate surface area is 150 Å². The van der Waals surface area contributed by atoms with E-state index < -0.39 is 0 Å². The number of carbonyl (C=O) groups is 1. The van der Waals surface area contributed by atoms with E-state index >= 15 is 0 Å². The number of halogens is 1. The van der Waals surface area contributed by atoms with E-state index in [0.717, 1.165) is 17.8 Å². The first-order valence-electron chi connectivity index (χ1n) is 8.34. The van der Waals surface area contributed by atoms with Gasteiger partial charge in [-0.15, -0.1) is 12.4 Å². The molecule has 2 aromatic carbocycles. The molecule has 0 heterocycles. The molecular weight excluding hydrogens is 320 g/mol. The van der Waals surface area contributed by atoms with E-state index in [4.69, 9.17) is 5.73 Å². The van der Waals surface area contributed by atoms with Crippen molar-refractivity contribution in [2.75, 3.05) is 11.4 Å². The average molecular weight is 345 g/mol. The van der Waals surface area contributed by atoms with E-state index in [0.29, 0.717) is 5.92 Å². The second-order valence-electron chi connectivity index (χ2n) is 6.45. The first-order valence-corrected chi connectivity index (χ1v) is 8.34. The topological polar surface area (TPSA) is 46.3 Å². The van der Waals surface area contributed by atoms with Crippen molar-refractivity contribution in [3.8, 4) is 0 Å². The highest BCUT2D eigenvalue weighted by molar-refractivity contribution is 5.95. The van der Waals surface area contributed by atoms with Crippen LogP contribution in [0.2, 0.25) is 0 Å². The molecule has 24 heavy (non-hydrogen) atoms. The molecule has 0 spiro atoms. The normalized spacial score (nSPS) is 15.9. The molecule has 0 aliphatic heterocycles. The molecule has 2 N–H and O–H groups in total. The zero-order chi connectivity index (χ0) is 16.2. The van der Waals surface area contributed by atoms with Gasteiger partial charge in [0.1, 0.15) is 0 Å². The van der Waals surface area contributed by atoms with Gasteiger partial charge in [-0.25, -0.2) is 0 Å². The third kappa shape index (κ3) is 4.37. The standard InChI is InChI=1S/C20H24N2O.ClH/c1-15(19(21)17-8-4-2-5-9-17)20(23)22(14-16-12-13-16)18-10-6-3-7-11-18;/h2-11,15-16,19H,12-14,21H2,1H3;1H. The lowest BCUT2D eigenvalue weighted by Crippen LogP contribution is -2.40. The summed E-state index contributed by atoms with van der Waals surface area (Å²) in [5.74, 6) is 0.495.